The number of phenols is 1. The molecule has 0 bridgehead atoms. The predicted molar refractivity (Wildman–Crippen MR) is 42.3 cm³/mol. The van der Waals surface area contributed by atoms with Crippen molar-refractivity contribution >= 4 is 12.0 Å². The summed E-state index contributed by atoms with van der Waals surface area (Å²) in [5.74, 6) is 0.0552. The lowest BCUT2D eigenvalue weighted by Crippen LogP contribution is -1.90. The van der Waals surface area contributed by atoms with Crippen molar-refractivity contribution in [2.75, 3.05) is 5.73 Å². The zero-order valence-corrected chi connectivity index (χ0v) is 5.95. The van der Waals surface area contributed by atoms with Crippen molar-refractivity contribution in [3.63, 3.8) is 0 Å². The Kier molecular flexibility index (Phi) is 2.11. The molecule has 0 aliphatic carbocycles. The molecule has 0 fully saturated rings. The van der Waals surface area contributed by atoms with E-state index in [1.807, 2.05) is 0 Å². The van der Waals surface area contributed by atoms with E-state index < -0.39 is 0 Å². The first-order chi connectivity index (χ1) is 5.24. The summed E-state index contributed by atoms with van der Waals surface area (Å²) in [5, 5.41) is 9.00. The Balaban J connectivity index is 2.95. The number of hydrogen-bond acceptors (Lipinski definition) is 3. The van der Waals surface area contributed by atoms with Crippen LogP contribution in [-0.2, 0) is 11.2 Å². The van der Waals surface area contributed by atoms with Crippen LogP contribution in [0, 0.1) is 0 Å². The van der Waals surface area contributed by atoms with Crippen LogP contribution in [0.5, 0.6) is 5.75 Å². The normalized spacial score (nSPS) is 9.45. The number of nitrogens with two attached hydrogens (primary N) is 1. The highest BCUT2D eigenvalue weighted by Gasteiger charge is 1.96. The Morgan fingerprint density at radius 1 is 1.55 bits per heavy atom. The van der Waals surface area contributed by atoms with E-state index in [1.165, 1.54) is 6.07 Å². The number of anilines is 1. The third-order valence-electron chi connectivity index (χ3n) is 1.41. The zero-order chi connectivity index (χ0) is 8.27. The van der Waals surface area contributed by atoms with E-state index in [4.69, 9.17) is 10.8 Å². The van der Waals surface area contributed by atoms with Gasteiger partial charge in [-0.25, -0.2) is 0 Å². The van der Waals surface area contributed by atoms with E-state index in [0.29, 0.717) is 12.1 Å². The van der Waals surface area contributed by atoms with E-state index in [-0.39, 0.29) is 5.75 Å². The van der Waals surface area contributed by atoms with Crippen LogP contribution in [0.15, 0.2) is 18.2 Å². The van der Waals surface area contributed by atoms with Gasteiger partial charge in [-0.1, -0.05) is 6.07 Å². The third-order valence-corrected chi connectivity index (χ3v) is 1.41. The first-order valence-corrected chi connectivity index (χ1v) is 3.25. The lowest BCUT2D eigenvalue weighted by molar-refractivity contribution is -0.107. The highest BCUT2D eigenvalue weighted by atomic mass is 16.3. The summed E-state index contributed by atoms with van der Waals surface area (Å²) in [5.41, 5.74) is 6.51. The molecule has 0 amide bonds. The zero-order valence-electron chi connectivity index (χ0n) is 5.95. The van der Waals surface area contributed by atoms with E-state index in [2.05, 4.69) is 0 Å². The number of aromatic hydroxyl groups is 1. The van der Waals surface area contributed by atoms with Crippen molar-refractivity contribution in [3.8, 4) is 5.75 Å². The van der Waals surface area contributed by atoms with Crippen molar-refractivity contribution in [1.29, 1.82) is 0 Å². The van der Waals surface area contributed by atoms with Crippen molar-refractivity contribution < 1.29 is 9.90 Å². The quantitative estimate of drug-likeness (QED) is 0.372. The number of hydrogen-bond donors (Lipinski definition) is 2. The van der Waals surface area contributed by atoms with Gasteiger partial charge in [-0.05, 0) is 17.7 Å². The maximum Gasteiger partial charge on any atom is 0.138 e. The largest absolute Gasteiger partial charge is 0.506 e. The molecular formula is C8H9NO2. The topological polar surface area (TPSA) is 63.3 Å². The molecule has 0 spiro atoms. The molecule has 0 saturated carbocycles. The Labute approximate surface area is 64.5 Å². The summed E-state index contributed by atoms with van der Waals surface area (Å²) in [7, 11) is 0. The molecule has 1 aromatic carbocycles. The molecule has 0 aliphatic heterocycles. The molecule has 0 unspecified atom stereocenters. The van der Waals surface area contributed by atoms with Crippen molar-refractivity contribution in [2.24, 2.45) is 0 Å². The number of carbonyl (C=O) groups excluding carboxylic acids is 1. The van der Waals surface area contributed by atoms with Gasteiger partial charge in [0, 0.05) is 6.42 Å². The fourth-order valence-corrected chi connectivity index (χ4v) is 0.827. The lowest BCUT2D eigenvalue weighted by atomic mass is 10.1. The molecule has 3 heteroatoms. The number of carbonyl (C=O) groups is 1. The number of aldehydes is 1. The first kappa shape index (κ1) is 7.60. The summed E-state index contributed by atoms with van der Waals surface area (Å²) in [6, 6.07) is 4.73. The summed E-state index contributed by atoms with van der Waals surface area (Å²) in [6.45, 7) is 0. The average Bonchev–Trinajstić information content (AvgIpc) is 1.98. The summed E-state index contributed by atoms with van der Waals surface area (Å²) in [4.78, 5) is 10.1. The minimum Gasteiger partial charge on any atom is -0.506 e. The lowest BCUT2D eigenvalue weighted by Gasteiger charge is -1.99. The fourth-order valence-electron chi connectivity index (χ4n) is 0.827. The van der Waals surface area contributed by atoms with Gasteiger partial charge >= 0.3 is 0 Å². The van der Waals surface area contributed by atoms with Gasteiger partial charge in [0.15, 0.2) is 0 Å². The van der Waals surface area contributed by atoms with Crippen LogP contribution < -0.4 is 5.73 Å². The van der Waals surface area contributed by atoms with Crippen molar-refractivity contribution in [3.05, 3.63) is 23.8 Å². The molecule has 11 heavy (non-hydrogen) atoms. The van der Waals surface area contributed by atoms with Crippen LogP contribution in [0.25, 0.3) is 0 Å². The van der Waals surface area contributed by atoms with Gasteiger partial charge in [0.25, 0.3) is 0 Å². The average molecular weight is 151 g/mol. The molecule has 0 heterocycles. The van der Waals surface area contributed by atoms with E-state index >= 15 is 0 Å². The van der Waals surface area contributed by atoms with Gasteiger partial charge in [-0.3, -0.25) is 0 Å². The van der Waals surface area contributed by atoms with Gasteiger partial charge < -0.3 is 15.6 Å². The van der Waals surface area contributed by atoms with Crippen molar-refractivity contribution in [2.45, 2.75) is 6.42 Å². The van der Waals surface area contributed by atoms with Crippen LogP contribution in [-0.4, -0.2) is 11.4 Å². The van der Waals surface area contributed by atoms with E-state index in [1.54, 1.807) is 12.1 Å². The molecule has 1 rings (SSSR count). The molecule has 58 valence electrons. The Morgan fingerprint density at radius 2 is 2.27 bits per heavy atom. The molecule has 0 aliphatic rings. The van der Waals surface area contributed by atoms with Crippen LogP contribution >= 0.6 is 0 Å². The predicted octanol–water partition coefficient (Wildman–Crippen LogP) is 0.716. The fraction of sp³-hybridized carbons (Fsp3) is 0.125. The second-order valence-corrected chi connectivity index (χ2v) is 2.26. The van der Waals surface area contributed by atoms with Crippen LogP contribution in [0.4, 0.5) is 5.69 Å². The first-order valence-electron chi connectivity index (χ1n) is 3.25. The molecule has 3 nitrogen and oxygen atoms in total. The van der Waals surface area contributed by atoms with E-state index in [0.717, 1.165) is 11.8 Å². The number of phenolic OH excluding ortho intramolecular Hbond substituents is 1. The highest BCUT2D eigenvalue weighted by Crippen LogP contribution is 2.19. The molecule has 0 saturated heterocycles. The molecule has 0 aromatic heterocycles. The maximum absolute atomic E-state index is 10.1. The maximum atomic E-state index is 10.1. The number of benzene rings is 1. The smallest absolute Gasteiger partial charge is 0.138 e. The Morgan fingerprint density at radius 3 is 2.82 bits per heavy atom. The third kappa shape index (κ3) is 1.70. The molecular weight excluding hydrogens is 142 g/mol. The van der Waals surface area contributed by atoms with Crippen molar-refractivity contribution in [1.82, 2.24) is 0 Å². The van der Waals surface area contributed by atoms with Gasteiger partial charge in [0.2, 0.25) is 0 Å². The minimum atomic E-state index is 0.0552. The standard InChI is InChI=1S/C8H9NO2/c9-7-5-6(3-4-10)1-2-8(7)11/h1-2,4-5,11H,3,9H2. The molecule has 0 atom stereocenters. The van der Waals surface area contributed by atoms with E-state index in [9.17, 15) is 4.79 Å². The van der Waals surface area contributed by atoms with Gasteiger partial charge in [-0.2, -0.15) is 0 Å². The number of rotatable bonds is 2. The Bertz CT molecular complexity index is 271. The second kappa shape index (κ2) is 3.05. The van der Waals surface area contributed by atoms with Gasteiger partial charge in [-0.15, -0.1) is 0 Å². The number of nitrogen functional groups attached to an aromatic ring is 1. The Hall–Kier alpha value is -1.51. The molecule has 1 aromatic rings. The monoisotopic (exact) mass is 151 g/mol. The van der Waals surface area contributed by atoms with Crippen LogP contribution in [0.1, 0.15) is 5.56 Å². The van der Waals surface area contributed by atoms with Gasteiger partial charge in [0.1, 0.15) is 12.0 Å². The SMILES string of the molecule is Nc1cc(CC=O)ccc1O. The second-order valence-electron chi connectivity index (χ2n) is 2.26. The highest BCUT2D eigenvalue weighted by molar-refractivity contribution is 5.59. The molecule has 3 N–H and O–H groups in total. The summed E-state index contributed by atoms with van der Waals surface area (Å²) < 4.78 is 0. The minimum absolute atomic E-state index is 0.0552. The van der Waals surface area contributed by atoms with Crippen LogP contribution in [0.2, 0.25) is 0 Å². The van der Waals surface area contributed by atoms with Gasteiger partial charge in [0.05, 0.1) is 5.69 Å². The summed E-state index contributed by atoms with van der Waals surface area (Å²) in [6.07, 6.45) is 1.14. The molecule has 0 radical (unpaired) electrons. The summed E-state index contributed by atoms with van der Waals surface area (Å²) >= 11 is 0. The van der Waals surface area contributed by atoms with Crippen LogP contribution in [0.3, 0.4) is 0 Å².